The van der Waals surface area contributed by atoms with Gasteiger partial charge in [-0.25, -0.2) is 0 Å². The number of methoxy groups -OCH3 is 1. The van der Waals surface area contributed by atoms with Crippen LogP contribution in [0.25, 0.3) is 0 Å². The van der Waals surface area contributed by atoms with Gasteiger partial charge in [0.25, 0.3) is 0 Å². The summed E-state index contributed by atoms with van der Waals surface area (Å²) in [6.07, 6.45) is -3.68. The van der Waals surface area contributed by atoms with E-state index in [0.29, 0.717) is 12.3 Å². The zero-order valence-corrected chi connectivity index (χ0v) is 10.0. The molecule has 5 nitrogen and oxygen atoms in total. The van der Waals surface area contributed by atoms with Crippen LogP contribution in [-0.4, -0.2) is 59.6 Å². The Bertz CT molecular complexity index is 209. The summed E-state index contributed by atoms with van der Waals surface area (Å²) in [4.78, 5) is 0. The van der Waals surface area contributed by atoms with E-state index in [9.17, 15) is 15.3 Å². The van der Waals surface area contributed by atoms with Gasteiger partial charge in [-0.2, -0.15) is 0 Å². The van der Waals surface area contributed by atoms with Crippen molar-refractivity contribution in [2.75, 3.05) is 13.7 Å². The van der Waals surface area contributed by atoms with Gasteiger partial charge < -0.3 is 24.8 Å². The van der Waals surface area contributed by atoms with E-state index in [-0.39, 0.29) is 6.61 Å². The number of aliphatic hydroxyl groups is 3. The minimum absolute atomic E-state index is 0.208. The first kappa shape index (κ1) is 13.9. The average molecular weight is 234 g/mol. The summed E-state index contributed by atoms with van der Waals surface area (Å²) in [5, 5.41) is 29.1. The van der Waals surface area contributed by atoms with E-state index >= 15 is 0 Å². The Kier molecular flexibility index (Phi) is 5.14. The Hall–Kier alpha value is -0.200. The molecule has 0 bridgehead atoms. The molecule has 5 unspecified atom stereocenters. The molecule has 3 N–H and O–H groups in total. The molecule has 5 heteroatoms. The quantitative estimate of drug-likeness (QED) is 0.613. The van der Waals surface area contributed by atoms with Crippen molar-refractivity contribution in [1.82, 2.24) is 0 Å². The molecule has 5 atom stereocenters. The highest BCUT2D eigenvalue weighted by atomic mass is 16.6. The van der Waals surface area contributed by atoms with Crippen LogP contribution in [0.1, 0.15) is 20.3 Å². The van der Waals surface area contributed by atoms with Crippen LogP contribution < -0.4 is 0 Å². The minimum Gasteiger partial charge on any atom is -0.388 e. The standard InChI is InChI=1S/C11H22O5/c1-6(2)4-7-9(12)11(14)10(13)8(16-7)5-15-3/h6-14H,4-5H2,1-3H3. The van der Waals surface area contributed by atoms with Crippen LogP contribution in [0.2, 0.25) is 0 Å². The molecule has 0 aliphatic carbocycles. The molecule has 1 rings (SSSR count). The van der Waals surface area contributed by atoms with Crippen molar-refractivity contribution >= 4 is 0 Å². The molecular weight excluding hydrogens is 212 g/mol. The van der Waals surface area contributed by atoms with Gasteiger partial charge in [-0.3, -0.25) is 0 Å². The number of hydrogen-bond acceptors (Lipinski definition) is 5. The zero-order chi connectivity index (χ0) is 12.3. The molecule has 0 aromatic rings. The van der Waals surface area contributed by atoms with Gasteiger partial charge >= 0.3 is 0 Å². The summed E-state index contributed by atoms with van der Waals surface area (Å²) in [5.41, 5.74) is 0. The van der Waals surface area contributed by atoms with Crippen molar-refractivity contribution in [2.24, 2.45) is 5.92 Å². The second-order valence-corrected chi connectivity index (χ2v) is 4.77. The largest absolute Gasteiger partial charge is 0.388 e. The summed E-state index contributed by atoms with van der Waals surface area (Å²) < 4.78 is 10.5. The highest BCUT2D eigenvalue weighted by Gasteiger charge is 2.43. The van der Waals surface area contributed by atoms with Crippen LogP contribution in [0.4, 0.5) is 0 Å². The first-order valence-corrected chi connectivity index (χ1v) is 5.66. The molecule has 0 radical (unpaired) electrons. The molecule has 0 aromatic heterocycles. The fourth-order valence-electron chi connectivity index (χ4n) is 1.99. The second kappa shape index (κ2) is 5.93. The van der Waals surface area contributed by atoms with Gasteiger partial charge in [0.1, 0.15) is 24.4 Å². The van der Waals surface area contributed by atoms with Crippen LogP contribution in [0, 0.1) is 5.92 Å². The fraction of sp³-hybridized carbons (Fsp3) is 1.00. The summed E-state index contributed by atoms with van der Waals surface area (Å²) in [7, 11) is 1.50. The maximum atomic E-state index is 9.77. The predicted molar refractivity (Wildman–Crippen MR) is 58.0 cm³/mol. The van der Waals surface area contributed by atoms with Gasteiger partial charge in [-0.05, 0) is 12.3 Å². The van der Waals surface area contributed by atoms with Crippen molar-refractivity contribution in [3.05, 3.63) is 0 Å². The lowest BCUT2D eigenvalue weighted by atomic mass is 9.91. The second-order valence-electron chi connectivity index (χ2n) is 4.77. The van der Waals surface area contributed by atoms with Crippen molar-refractivity contribution in [3.63, 3.8) is 0 Å². The third kappa shape index (κ3) is 3.15. The van der Waals surface area contributed by atoms with E-state index < -0.39 is 30.5 Å². The monoisotopic (exact) mass is 234 g/mol. The molecule has 0 saturated carbocycles. The van der Waals surface area contributed by atoms with Crippen LogP contribution in [-0.2, 0) is 9.47 Å². The summed E-state index contributed by atoms with van der Waals surface area (Å²) in [6.45, 7) is 4.23. The van der Waals surface area contributed by atoms with Crippen LogP contribution in [0.5, 0.6) is 0 Å². The minimum atomic E-state index is -1.17. The van der Waals surface area contributed by atoms with Crippen molar-refractivity contribution in [2.45, 2.75) is 50.8 Å². The van der Waals surface area contributed by atoms with Gasteiger partial charge in [0.05, 0.1) is 12.7 Å². The molecule has 0 aromatic carbocycles. The topological polar surface area (TPSA) is 79.2 Å². The lowest BCUT2D eigenvalue weighted by Crippen LogP contribution is -2.58. The van der Waals surface area contributed by atoms with E-state index in [2.05, 4.69) is 0 Å². The molecule has 0 spiro atoms. The summed E-state index contributed by atoms with van der Waals surface area (Å²) in [6, 6.07) is 0. The van der Waals surface area contributed by atoms with E-state index in [0.717, 1.165) is 0 Å². The lowest BCUT2D eigenvalue weighted by Gasteiger charge is -2.41. The van der Waals surface area contributed by atoms with Gasteiger partial charge in [0.2, 0.25) is 0 Å². The molecule has 1 saturated heterocycles. The van der Waals surface area contributed by atoms with Gasteiger partial charge in [-0.1, -0.05) is 13.8 Å². The molecular formula is C11H22O5. The Labute approximate surface area is 96.0 Å². The summed E-state index contributed by atoms with van der Waals surface area (Å²) in [5.74, 6) is 0.352. The Balaban J connectivity index is 2.65. The van der Waals surface area contributed by atoms with E-state index in [4.69, 9.17) is 9.47 Å². The van der Waals surface area contributed by atoms with Gasteiger partial charge in [0.15, 0.2) is 0 Å². The number of aliphatic hydroxyl groups excluding tert-OH is 3. The third-order valence-corrected chi connectivity index (χ3v) is 2.85. The number of rotatable bonds is 4. The average Bonchev–Trinajstić information content (AvgIpc) is 2.21. The van der Waals surface area contributed by atoms with Gasteiger partial charge in [0, 0.05) is 7.11 Å². The van der Waals surface area contributed by atoms with Crippen LogP contribution in [0.15, 0.2) is 0 Å². The molecule has 0 amide bonds. The molecule has 1 aliphatic rings. The smallest absolute Gasteiger partial charge is 0.111 e. The maximum absolute atomic E-state index is 9.77. The zero-order valence-electron chi connectivity index (χ0n) is 10.0. The van der Waals surface area contributed by atoms with Crippen LogP contribution >= 0.6 is 0 Å². The number of ether oxygens (including phenoxy) is 2. The maximum Gasteiger partial charge on any atom is 0.111 e. The predicted octanol–water partition coefficient (Wildman–Crippen LogP) is -0.471. The van der Waals surface area contributed by atoms with Crippen molar-refractivity contribution in [3.8, 4) is 0 Å². The van der Waals surface area contributed by atoms with E-state index in [1.807, 2.05) is 13.8 Å². The summed E-state index contributed by atoms with van der Waals surface area (Å²) >= 11 is 0. The first-order valence-electron chi connectivity index (χ1n) is 5.66. The third-order valence-electron chi connectivity index (χ3n) is 2.85. The van der Waals surface area contributed by atoms with Crippen molar-refractivity contribution < 1.29 is 24.8 Å². The first-order chi connectivity index (χ1) is 7.47. The SMILES string of the molecule is COCC1OC(CC(C)C)C(O)C(O)C1O. The lowest BCUT2D eigenvalue weighted by molar-refractivity contribution is -0.233. The highest BCUT2D eigenvalue weighted by molar-refractivity contribution is 4.92. The molecule has 1 aliphatic heterocycles. The van der Waals surface area contributed by atoms with E-state index in [1.54, 1.807) is 0 Å². The van der Waals surface area contributed by atoms with Crippen molar-refractivity contribution in [1.29, 1.82) is 0 Å². The molecule has 16 heavy (non-hydrogen) atoms. The Morgan fingerprint density at radius 2 is 1.62 bits per heavy atom. The normalized spacial score (nSPS) is 40.3. The number of hydrogen-bond donors (Lipinski definition) is 3. The molecule has 1 heterocycles. The van der Waals surface area contributed by atoms with Gasteiger partial charge in [-0.15, -0.1) is 0 Å². The Morgan fingerprint density at radius 1 is 1.06 bits per heavy atom. The van der Waals surface area contributed by atoms with Crippen LogP contribution in [0.3, 0.4) is 0 Å². The van der Waals surface area contributed by atoms with E-state index in [1.165, 1.54) is 7.11 Å². The fourth-order valence-corrected chi connectivity index (χ4v) is 1.99. The Morgan fingerprint density at radius 3 is 2.12 bits per heavy atom. The molecule has 96 valence electrons. The molecule has 1 fully saturated rings. The highest BCUT2D eigenvalue weighted by Crippen LogP contribution is 2.25.